The monoisotopic (exact) mass is 293 g/mol. The summed E-state index contributed by atoms with van der Waals surface area (Å²) < 4.78 is 11.1. The van der Waals surface area contributed by atoms with Gasteiger partial charge in [0.2, 0.25) is 0 Å². The highest BCUT2D eigenvalue weighted by Gasteiger charge is 2.65. The van der Waals surface area contributed by atoms with Crippen LogP contribution < -0.4 is 0 Å². The fourth-order valence-electron chi connectivity index (χ4n) is 5.13. The van der Waals surface area contributed by atoms with E-state index in [4.69, 9.17) is 9.47 Å². The summed E-state index contributed by atoms with van der Waals surface area (Å²) in [6.07, 6.45) is 4.22. The molecule has 1 amide bonds. The molecule has 2 aliphatic carbocycles. The second-order valence-electron chi connectivity index (χ2n) is 7.14. The molecule has 6 unspecified atom stereocenters. The van der Waals surface area contributed by atoms with E-state index in [1.165, 1.54) is 6.42 Å². The molecule has 2 heterocycles. The molecule has 5 heteroatoms. The molecule has 2 aliphatic heterocycles. The van der Waals surface area contributed by atoms with Gasteiger partial charge >= 0.3 is 12.1 Å². The Bertz CT molecular complexity index is 459. The average molecular weight is 293 g/mol. The molecule has 0 radical (unpaired) electrons. The third-order valence-corrected chi connectivity index (χ3v) is 6.18. The van der Waals surface area contributed by atoms with Crippen molar-refractivity contribution in [3.63, 3.8) is 0 Å². The Hall–Kier alpha value is -1.26. The van der Waals surface area contributed by atoms with E-state index in [0.717, 1.165) is 32.4 Å². The van der Waals surface area contributed by atoms with E-state index in [0.29, 0.717) is 24.4 Å². The van der Waals surface area contributed by atoms with Crippen molar-refractivity contribution in [1.29, 1.82) is 0 Å². The van der Waals surface area contributed by atoms with Crippen molar-refractivity contribution in [3.05, 3.63) is 0 Å². The van der Waals surface area contributed by atoms with E-state index >= 15 is 0 Å². The highest BCUT2D eigenvalue weighted by atomic mass is 16.6. The van der Waals surface area contributed by atoms with Crippen molar-refractivity contribution < 1.29 is 19.1 Å². The smallest absolute Gasteiger partial charge is 0.409 e. The van der Waals surface area contributed by atoms with E-state index < -0.39 is 0 Å². The summed E-state index contributed by atoms with van der Waals surface area (Å²) in [6.45, 7) is 4.18. The average Bonchev–Trinajstić information content (AvgIpc) is 3.09. The molecule has 0 N–H and O–H groups in total. The summed E-state index contributed by atoms with van der Waals surface area (Å²) in [7, 11) is 0. The lowest BCUT2D eigenvalue weighted by molar-refractivity contribution is -0.145. The topological polar surface area (TPSA) is 55.8 Å². The van der Waals surface area contributed by atoms with Crippen molar-refractivity contribution in [1.82, 2.24) is 4.90 Å². The highest BCUT2D eigenvalue weighted by molar-refractivity contribution is 5.77. The van der Waals surface area contributed by atoms with Crippen LogP contribution in [-0.4, -0.2) is 42.8 Å². The SMILES string of the molecule is CC1C2CC3C(OC(=O)C13)C2COC(=O)N1CCCCC1. The van der Waals surface area contributed by atoms with Crippen LogP contribution in [-0.2, 0) is 14.3 Å². The minimum absolute atomic E-state index is 0.00199. The molecule has 4 rings (SSSR count). The molecule has 4 fully saturated rings. The van der Waals surface area contributed by atoms with Crippen molar-refractivity contribution in [3.8, 4) is 0 Å². The van der Waals surface area contributed by atoms with Crippen LogP contribution in [0.2, 0.25) is 0 Å². The van der Waals surface area contributed by atoms with Crippen LogP contribution in [0.25, 0.3) is 0 Å². The standard InChI is InChI=1S/C16H23NO4/c1-9-10-7-11-13(9)15(18)21-14(11)12(10)8-20-16(19)17-5-3-2-4-6-17/h9-14H,2-8H2,1H3. The first kappa shape index (κ1) is 13.4. The lowest BCUT2D eigenvalue weighted by atomic mass is 9.75. The molecule has 0 aromatic carbocycles. The van der Waals surface area contributed by atoms with Gasteiger partial charge in [0.25, 0.3) is 0 Å². The Morgan fingerprint density at radius 3 is 2.81 bits per heavy atom. The normalized spacial score (nSPS) is 44.0. The van der Waals surface area contributed by atoms with Gasteiger partial charge in [-0.1, -0.05) is 6.92 Å². The van der Waals surface area contributed by atoms with Crippen LogP contribution >= 0.6 is 0 Å². The summed E-state index contributed by atoms with van der Waals surface area (Å²) in [5, 5.41) is 0. The highest BCUT2D eigenvalue weighted by Crippen LogP contribution is 2.60. The largest absolute Gasteiger partial charge is 0.461 e. The molecule has 0 spiro atoms. The van der Waals surface area contributed by atoms with Gasteiger partial charge in [0.05, 0.1) is 12.5 Å². The van der Waals surface area contributed by atoms with Gasteiger partial charge in [0.15, 0.2) is 0 Å². The third kappa shape index (κ3) is 1.96. The summed E-state index contributed by atoms with van der Waals surface area (Å²) in [6, 6.07) is 0. The minimum atomic E-state index is -0.189. The summed E-state index contributed by atoms with van der Waals surface area (Å²) in [5.74, 6) is 1.52. The number of piperidine rings is 1. The first-order chi connectivity index (χ1) is 10.2. The van der Waals surface area contributed by atoms with Gasteiger partial charge in [0.1, 0.15) is 6.10 Å². The van der Waals surface area contributed by atoms with Crippen LogP contribution in [0.3, 0.4) is 0 Å². The van der Waals surface area contributed by atoms with E-state index in [2.05, 4.69) is 6.92 Å². The molecular weight excluding hydrogens is 270 g/mol. The van der Waals surface area contributed by atoms with Crippen LogP contribution in [0.5, 0.6) is 0 Å². The van der Waals surface area contributed by atoms with Crippen LogP contribution in [0.4, 0.5) is 4.79 Å². The molecule has 0 aromatic heterocycles. The Labute approximate surface area is 125 Å². The second-order valence-corrected chi connectivity index (χ2v) is 7.14. The number of hydrogen-bond acceptors (Lipinski definition) is 4. The maximum Gasteiger partial charge on any atom is 0.409 e. The van der Waals surface area contributed by atoms with Gasteiger partial charge in [-0.15, -0.1) is 0 Å². The Balaban J connectivity index is 1.38. The summed E-state index contributed by atoms with van der Waals surface area (Å²) in [4.78, 5) is 25.8. The van der Waals surface area contributed by atoms with E-state index in [-0.39, 0.29) is 30.0 Å². The molecule has 2 bridgehead atoms. The molecule has 116 valence electrons. The molecule has 4 aliphatic rings. The number of esters is 1. The molecule has 0 aromatic rings. The predicted octanol–water partition coefficient (Wildman–Crippen LogP) is 2.05. The fraction of sp³-hybridized carbons (Fsp3) is 0.875. The maximum absolute atomic E-state index is 12.1. The molecule has 5 nitrogen and oxygen atoms in total. The molecule has 21 heavy (non-hydrogen) atoms. The van der Waals surface area contributed by atoms with Gasteiger partial charge in [-0.3, -0.25) is 4.79 Å². The summed E-state index contributed by atoms with van der Waals surface area (Å²) >= 11 is 0. The molecule has 2 saturated heterocycles. The van der Waals surface area contributed by atoms with Gasteiger partial charge in [-0.25, -0.2) is 4.79 Å². The predicted molar refractivity (Wildman–Crippen MR) is 74.4 cm³/mol. The third-order valence-electron chi connectivity index (χ3n) is 6.18. The number of carbonyl (C=O) groups is 2. The Kier molecular flexibility index (Phi) is 3.12. The first-order valence-corrected chi connectivity index (χ1v) is 8.29. The zero-order chi connectivity index (χ0) is 14.6. The lowest BCUT2D eigenvalue weighted by Crippen LogP contribution is -2.39. The van der Waals surface area contributed by atoms with Crippen LogP contribution in [0.1, 0.15) is 32.6 Å². The lowest BCUT2D eigenvalue weighted by Gasteiger charge is -2.31. The zero-order valence-corrected chi connectivity index (χ0v) is 12.5. The van der Waals surface area contributed by atoms with Gasteiger partial charge < -0.3 is 14.4 Å². The minimum Gasteiger partial charge on any atom is -0.461 e. The number of ether oxygens (including phenoxy) is 2. The van der Waals surface area contributed by atoms with Crippen molar-refractivity contribution in [2.75, 3.05) is 19.7 Å². The van der Waals surface area contributed by atoms with Crippen molar-refractivity contribution in [2.45, 2.75) is 38.7 Å². The number of amides is 1. The number of nitrogens with zero attached hydrogens (tertiary/aromatic N) is 1. The number of hydrogen-bond donors (Lipinski definition) is 0. The van der Waals surface area contributed by atoms with E-state index in [1.54, 1.807) is 0 Å². The van der Waals surface area contributed by atoms with Crippen LogP contribution in [0.15, 0.2) is 0 Å². The Morgan fingerprint density at radius 2 is 2.05 bits per heavy atom. The number of fused-ring (bicyclic) bond motifs is 1. The second kappa shape index (κ2) is 4.89. The van der Waals surface area contributed by atoms with Gasteiger partial charge in [-0.05, 0) is 37.5 Å². The molecule has 6 atom stereocenters. The Morgan fingerprint density at radius 1 is 1.29 bits per heavy atom. The molecule has 2 saturated carbocycles. The van der Waals surface area contributed by atoms with Gasteiger partial charge in [0, 0.05) is 24.9 Å². The van der Waals surface area contributed by atoms with E-state index in [9.17, 15) is 9.59 Å². The maximum atomic E-state index is 12.1. The number of carbonyl (C=O) groups excluding carboxylic acids is 2. The fourth-order valence-corrected chi connectivity index (χ4v) is 5.13. The van der Waals surface area contributed by atoms with Crippen molar-refractivity contribution >= 4 is 12.1 Å². The zero-order valence-electron chi connectivity index (χ0n) is 12.5. The number of likely N-dealkylation sites (tertiary alicyclic amines) is 1. The number of rotatable bonds is 2. The quantitative estimate of drug-likeness (QED) is 0.731. The summed E-state index contributed by atoms with van der Waals surface area (Å²) in [5.41, 5.74) is 0. The molecular formula is C16H23NO4. The van der Waals surface area contributed by atoms with E-state index in [1.807, 2.05) is 4.90 Å². The first-order valence-electron chi connectivity index (χ1n) is 8.29. The van der Waals surface area contributed by atoms with Crippen LogP contribution in [0, 0.1) is 29.6 Å². The van der Waals surface area contributed by atoms with Gasteiger partial charge in [-0.2, -0.15) is 0 Å². The van der Waals surface area contributed by atoms with Crippen molar-refractivity contribution in [2.24, 2.45) is 29.6 Å².